The van der Waals surface area contributed by atoms with Crippen molar-refractivity contribution < 1.29 is 18.3 Å². The third-order valence-electron chi connectivity index (χ3n) is 2.89. The number of carbonyl (C=O) groups is 1. The number of amides is 1. The molecular weight excluding hydrogens is 290 g/mol. The third-order valence-corrected chi connectivity index (χ3v) is 3.74. The number of benzene rings is 1. The van der Waals surface area contributed by atoms with Gasteiger partial charge >= 0.3 is 0 Å². The summed E-state index contributed by atoms with van der Waals surface area (Å²) in [4.78, 5) is 11.9. The molecule has 0 bridgehead atoms. The van der Waals surface area contributed by atoms with Gasteiger partial charge < -0.3 is 10.4 Å². The minimum atomic E-state index is -3.08. The molecule has 0 heterocycles. The van der Waals surface area contributed by atoms with Crippen molar-refractivity contribution in [1.29, 1.82) is 0 Å². The highest BCUT2D eigenvalue weighted by Crippen LogP contribution is 2.08. The lowest BCUT2D eigenvalue weighted by atomic mass is 10.1. The van der Waals surface area contributed by atoms with Gasteiger partial charge in [-0.15, -0.1) is 0 Å². The maximum absolute atomic E-state index is 11.9. The van der Waals surface area contributed by atoms with Crippen molar-refractivity contribution in [3.8, 4) is 0 Å². The van der Waals surface area contributed by atoms with E-state index in [9.17, 15) is 18.3 Å². The Morgan fingerprint density at radius 3 is 2.29 bits per heavy atom. The molecule has 1 rings (SSSR count). The van der Waals surface area contributed by atoms with Gasteiger partial charge in [0.05, 0.1) is 11.9 Å². The summed E-state index contributed by atoms with van der Waals surface area (Å²) in [5, 5.41) is 12.4. The van der Waals surface area contributed by atoms with Crippen LogP contribution in [-0.2, 0) is 15.6 Å². The van der Waals surface area contributed by atoms with Crippen LogP contribution in [0.1, 0.15) is 36.2 Å². The van der Waals surface area contributed by atoms with Crippen molar-refractivity contribution in [3.63, 3.8) is 0 Å². The van der Waals surface area contributed by atoms with E-state index in [1.165, 1.54) is 6.26 Å². The van der Waals surface area contributed by atoms with Gasteiger partial charge in [0.1, 0.15) is 0 Å². The predicted octanol–water partition coefficient (Wildman–Crippen LogP) is 1.37. The van der Waals surface area contributed by atoms with Crippen molar-refractivity contribution in [3.05, 3.63) is 35.4 Å². The second-order valence-corrected chi connectivity index (χ2v) is 7.90. The fraction of sp³-hybridized carbons (Fsp3) is 0.533. The van der Waals surface area contributed by atoms with Gasteiger partial charge in [0.15, 0.2) is 9.84 Å². The van der Waals surface area contributed by atoms with Gasteiger partial charge in [0.25, 0.3) is 5.91 Å². The molecule has 1 atom stereocenters. The van der Waals surface area contributed by atoms with E-state index >= 15 is 0 Å². The van der Waals surface area contributed by atoms with E-state index in [0.717, 1.165) is 0 Å². The van der Waals surface area contributed by atoms with Crippen molar-refractivity contribution in [2.75, 3.05) is 12.8 Å². The van der Waals surface area contributed by atoms with E-state index in [4.69, 9.17) is 0 Å². The normalized spacial score (nSPS) is 13.2. The molecule has 0 aliphatic rings. The maximum atomic E-state index is 11.9. The standard InChI is InChI=1S/C15H23NO4S/c1-11(2)8-14(17)9-16-15(18)13-6-4-12(5-7-13)10-21(3,19)20/h4-7,11,14,17H,8-10H2,1-3H3,(H,16,18). The predicted molar refractivity (Wildman–Crippen MR) is 82.8 cm³/mol. The van der Waals surface area contributed by atoms with E-state index < -0.39 is 15.9 Å². The molecule has 5 nitrogen and oxygen atoms in total. The first kappa shape index (κ1) is 17.7. The molecule has 1 aromatic rings. The average Bonchev–Trinajstić information content (AvgIpc) is 2.34. The van der Waals surface area contributed by atoms with Crippen LogP contribution in [0.15, 0.2) is 24.3 Å². The molecule has 0 aromatic heterocycles. The molecule has 0 aliphatic heterocycles. The van der Waals surface area contributed by atoms with Gasteiger partial charge in [0, 0.05) is 18.4 Å². The van der Waals surface area contributed by atoms with Gasteiger partial charge in [0.2, 0.25) is 0 Å². The lowest BCUT2D eigenvalue weighted by Crippen LogP contribution is -2.32. The van der Waals surface area contributed by atoms with E-state index in [1.807, 2.05) is 13.8 Å². The Labute approximate surface area is 126 Å². The molecule has 0 aliphatic carbocycles. The highest BCUT2D eigenvalue weighted by Gasteiger charge is 2.11. The highest BCUT2D eigenvalue weighted by molar-refractivity contribution is 7.89. The first-order chi connectivity index (χ1) is 9.67. The van der Waals surface area contributed by atoms with Crippen LogP contribution >= 0.6 is 0 Å². The molecule has 1 amide bonds. The van der Waals surface area contributed by atoms with Crippen LogP contribution in [0.3, 0.4) is 0 Å². The number of nitrogens with one attached hydrogen (secondary N) is 1. The largest absolute Gasteiger partial charge is 0.391 e. The summed E-state index contributed by atoms with van der Waals surface area (Å²) >= 11 is 0. The van der Waals surface area contributed by atoms with E-state index in [1.54, 1.807) is 24.3 Å². The Morgan fingerprint density at radius 2 is 1.81 bits per heavy atom. The van der Waals surface area contributed by atoms with Gasteiger partial charge in [-0.25, -0.2) is 8.42 Å². The summed E-state index contributed by atoms with van der Waals surface area (Å²) in [5.41, 5.74) is 1.10. The van der Waals surface area contributed by atoms with Crippen LogP contribution in [0.25, 0.3) is 0 Å². The van der Waals surface area contributed by atoms with Crippen LogP contribution in [0.2, 0.25) is 0 Å². The van der Waals surface area contributed by atoms with Crippen LogP contribution in [0.5, 0.6) is 0 Å². The highest BCUT2D eigenvalue weighted by atomic mass is 32.2. The lowest BCUT2D eigenvalue weighted by Gasteiger charge is -2.14. The zero-order valence-electron chi connectivity index (χ0n) is 12.7. The summed E-state index contributed by atoms with van der Waals surface area (Å²) in [6.07, 6.45) is 1.25. The monoisotopic (exact) mass is 313 g/mol. The summed E-state index contributed by atoms with van der Waals surface area (Å²) < 4.78 is 22.4. The zero-order chi connectivity index (χ0) is 16.0. The number of carbonyl (C=O) groups excluding carboxylic acids is 1. The van der Waals surface area contributed by atoms with Gasteiger partial charge in [-0.3, -0.25) is 4.79 Å². The van der Waals surface area contributed by atoms with E-state index in [-0.39, 0.29) is 18.2 Å². The average molecular weight is 313 g/mol. The number of aliphatic hydroxyl groups is 1. The lowest BCUT2D eigenvalue weighted by molar-refractivity contribution is 0.0900. The molecule has 0 fully saturated rings. The topological polar surface area (TPSA) is 83.5 Å². The summed E-state index contributed by atoms with van der Waals surface area (Å²) in [6, 6.07) is 6.43. The molecule has 6 heteroatoms. The molecule has 0 saturated carbocycles. The Hall–Kier alpha value is -1.40. The molecule has 2 N–H and O–H groups in total. The minimum Gasteiger partial charge on any atom is -0.391 e. The summed E-state index contributed by atoms with van der Waals surface area (Å²) in [5.74, 6) is 0.0537. The fourth-order valence-electron chi connectivity index (χ4n) is 2.00. The van der Waals surface area contributed by atoms with Crippen LogP contribution in [0, 0.1) is 5.92 Å². The van der Waals surface area contributed by atoms with Crippen molar-refractivity contribution in [2.45, 2.75) is 32.1 Å². The van der Waals surface area contributed by atoms with Gasteiger partial charge in [-0.2, -0.15) is 0 Å². The SMILES string of the molecule is CC(C)CC(O)CNC(=O)c1ccc(CS(C)(=O)=O)cc1. The molecule has 118 valence electrons. The molecule has 21 heavy (non-hydrogen) atoms. The van der Waals surface area contributed by atoms with Crippen LogP contribution < -0.4 is 5.32 Å². The van der Waals surface area contributed by atoms with Gasteiger partial charge in [-0.1, -0.05) is 26.0 Å². The summed E-state index contributed by atoms with van der Waals surface area (Å²) in [6.45, 7) is 4.22. The first-order valence-corrected chi connectivity index (χ1v) is 8.96. The van der Waals surface area contributed by atoms with Crippen molar-refractivity contribution in [2.24, 2.45) is 5.92 Å². The third kappa shape index (κ3) is 7.24. The van der Waals surface area contributed by atoms with Crippen LogP contribution in [0.4, 0.5) is 0 Å². The molecule has 1 unspecified atom stereocenters. The second kappa shape index (κ2) is 7.56. The zero-order valence-corrected chi connectivity index (χ0v) is 13.5. The molecule has 1 aromatic carbocycles. The Kier molecular flexibility index (Phi) is 6.36. The quantitative estimate of drug-likeness (QED) is 0.796. The molecule has 0 radical (unpaired) electrons. The minimum absolute atomic E-state index is 0.0397. The maximum Gasteiger partial charge on any atom is 0.251 e. The first-order valence-electron chi connectivity index (χ1n) is 6.90. The number of aliphatic hydroxyl groups excluding tert-OH is 1. The van der Waals surface area contributed by atoms with Crippen molar-refractivity contribution >= 4 is 15.7 Å². The Bertz CT molecular complexity index is 564. The Balaban J connectivity index is 2.55. The smallest absolute Gasteiger partial charge is 0.251 e. The number of hydrogen-bond acceptors (Lipinski definition) is 4. The fourth-order valence-corrected chi connectivity index (χ4v) is 2.79. The number of rotatable bonds is 7. The Morgan fingerprint density at radius 1 is 1.24 bits per heavy atom. The van der Waals surface area contributed by atoms with Crippen molar-refractivity contribution in [1.82, 2.24) is 5.32 Å². The van der Waals surface area contributed by atoms with Gasteiger partial charge in [-0.05, 0) is 30.0 Å². The molecular formula is C15H23NO4S. The van der Waals surface area contributed by atoms with E-state index in [0.29, 0.717) is 23.5 Å². The van der Waals surface area contributed by atoms with E-state index in [2.05, 4.69) is 5.32 Å². The number of hydrogen-bond donors (Lipinski definition) is 2. The van der Waals surface area contributed by atoms with Crippen LogP contribution in [-0.4, -0.2) is 38.3 Å². The summed E-state index contributed by atoms with van der Waals surface area (Å²) in [7, 11) is -3.08. The molecule has 0 spiro atoms. The second-order valence-electron chi connectivity index (χ2n) is 5.76. The molecule has 0 saturated heterocycles. The number of sulfone groups is 1.